The molecule has 98 valence electrons. The predicted octanol–water partition coefficient (Wildman–Crippen LogP) is 2.30. The second-order valence-corrected chi connectivity index (χ2v) is 5.60. The van der Waals surface area contributed by atoms with Gasteiger partial charge in [-0.05, 0) is 37.6 Å². The highest BCUT2D eigenvalue weighted by Gasteiger charge is 2.23. The Labute approximate surface area is 114 Å². The van der Waals surface area contributed by atoms with Crippen LogP contribution in [0.1, 0.15) is 18.4 Å². The molecule has 0 unspecified atom stereocenters. The van der Waals surface area contributed by atoms with Crippen LogP contribution < -0.4 is 5.32 Å². The first kappa shape index (κ1) is 13.5. The standard InChI is InChI=1S/C13H16BrFN2O/c1-17(8-13(18)16-11-4-5-11)7-9-2-3-10(15)6-12(9)14/h2-3,6,11H,4-5,7-8H2,1H3,(H,16,18). The first-order valence-electron chi connectivity index (χ1n) is 5.96. The molecule has 3 nitrogen and oxygen atoms in total. The van der Waals surface area contributed by atoms with Crippen molar-refractivity contribution in [2.24, 2.45) is 0 Å². The van der Waals surface area contributed by atoms with Gasteiger partial charge in [-0.2, -0.15) is 0 Å². The molecule has 2 rings (SSSR count). The molecule has 1 amide bonds. The molecule has 0 atom stereocenters. The van der Waals surface area contributed by atoms with Crippen LogP contribution in [0.25, 0.3) is 0 Å². The van der Waals surface area contributed by atoms with E-state index in [0.717, 1.165) is 22.9 Å². The van der Waals surface area contributed by atoms with E-state index in [1.165, 1.54) is 12.1 Å². The lowest BCUT2D eigenvalue weighted by molar-refractivity contribution is -0.122. The van der Waals surface area contributed by atoms with Crippen LogP contribution in [0.5, 0.6) is 0 Å². The Balaban J connectivity index is 1.85. The zero-order valence-electron chi connectivity index (χ0n) is 10.2. The van der Waals surface area contributed by atoms with Crippen molar-refractivity contribution in [2.75, 3.05) is 13.6 Å². The summed E-state index contributed by atoms with van der Waals surface area (Å²) in [7, 11) is 1.88. The molecule has 1 aliphatic rings. The minimum atomic E-state index is -0.264. The van der Waals surface area contributed by atoms with E-state index in [-0.39, 0.29) is 11.7 Å². The minimum absolute atomic E-state index is 0.0539. The molecule has 0 spiro atoms. The van der Waals surface area contributed by atoms with Gasteiger partial charge >= 0.3 is 0 Å². The van der Waals surface area contributed by atoms with Crippen LogP contribution in [-0.4, -0.2) is 30.4 Å². The van der Waals surface area contributed by atoms with Crippen LogP contribution in [-0.2, 0) is 11.3 Å². The number of hydrogen-bond donors (Lipinski definition) is 1. The van der Waals surface area contributed by atoms with Crippen molar-refractivity contribution in [3.63, 3.8) is 0 Å². The first-order chi connectivity index (χ1) is 8.54. The van der Waals surface area contributed by atoms with Gasteiger partial charge in [0.05, 0.1) is 6.54 Å². The van der Waals surface area contributed by atoms with Gasteiger partial charge in [-0.15, -0.1) is 0 Å². The highest BCUT2D eigenvalue weighted by Crippen LogP contribution is 2.20. The van der Waals surface area contributed by atoms with E-state index in [1.54, 1.807) is 6.07 Å². The Morgan fingerprint density at radius 1 is 1.56 bits per heavy atom. The van der Waals surface area contributed by atoms with E-state index in [0.29, 0.717) is 19.1 Å². The van der Waals surface area contributed by atoms with Gasteiger partial charge in [0.15, 0.2) is 0 Å². The number of nitrogens with one attached hydrogen (secondary N) is 1. The number of carbonyl (C=O) groups is 1. The van der Waals surface area contributed by atoms with E-state index in [9.17, 15) is 9.18 Å². The molecule has 1 aliphatic carbocycles. The molecule has 1 N–H and O–H groups in total. The minimum Gasteiger partial charge on any atom is -0.352 e. The van der Waals surface area contributed by atoms with Gasteiger partial charge in [0.1, 0.15) is 5.82 Å². The fourth-order valence-electron chi connectivity index (χ4n) is 1.74. The van der Waals surface area contributed by atoms with Crippen LogP contribution in [0.3, 0.4) is 0 Å². The summed E-state index contributed by atoms with van der Waals surface area (Å²) >= 11 is 3.32. The monoisotopic (exact) mass is 314 g/mol. The highest BCUT2D eigenvalue weighted by atomic mass is 79.9. The van der Waals surface area contributed by atoms with E-state index in [4.69, 9.17) is 0 Å². The Morgan fingerprint density at radius 3 is 2.89 bits per heavy atom. The fourth-order valence-corrected chi connectivity index (χ4v) is 2.22. The second kappa shape index (κ2) is 5.80. The fraction of sp³-hybridized carbons (Fsp3) is 0.462. The molecule has 0 radical (unpaired) electrons. The van der Waals surface area contributed by atoms with E-state index in [1.807, 2.05) is 11.9 Å². The van der Waals surface area contributed by atoms with Crippen molar-refractivity contribution >= 4 is 21.8 Å². The zero-order valence-corrected chi connectivity index (χ0v) is 11.8. The van der Waals surface area contributed by atoms with E-state index < -0.39 is 0 Å². The molecule has 0 saturated heterocycles. The van der Waals surface area contributed by atoms with Gasteiger partial charge in [0.2, 0.25) is 5.91 Å². The van der Waals surface area contributed by atoms with Crippen molar-refractivity contribution in [2.45, 2.75) is 25.4 Å². The number of hydrogen-bond acceptors (Lipinski definition) is 2. The van der Waals surface area contributed by atoms with Crippen molar-refractivity contribution < 1.29 is 9.18 Å². The predicted molar refractivity (Wildman–Crippen MR) is 71.6 cm³/mol. The van der Waals surface area contributed by atoms with Crippen LogP contribution in [0.4, 0.5) is 4.39 Å². The number of likely N-dealkylation sites (N-methyl/N-ethyl adjacent to an activating group) is 1. The molecule has 0 heterocycles. The lowest BCUT2D eigenvalue weighted by atomic mass is 10.2. The maximum absolute atomic E-state index is 12.9. The summed E-state index contributed by atoms with van der Waals surface area (Å²) in [5.74, 6) is -0.210. The Kier molecular flexibility index (Phi) is 4.35. The smallest absolute Gasteiger partial charge is 0.234 e. The first-order valence-corrected chi connectivity index (χ1v) is 6.76. The summed E-state index contributed by atoms with van der Waals surface area (Å²) in [6, 6.07) is 4.99. The second-order valence-electron chi connectivity index (χ2n) is 4.75. The van der Waals surface area contributed by atoms with Crippen LogP contribution in [0.2, 0.25) is 0 Å². The molecule has 1 aromatic carbocycles. The van der Waals surface area contributed by atoms with E-state index >= 15 is 0 Å². The molecule has 1 fully saturated rings. The Morgan fingerprint density at radius 2 is 2.28 bits per heavy atom. The van der Waals surface area contributed by atoms with Crippen molar-refractivity contribution in [3.8, 4) is 0 Å². The Bertz CT molecular complexity index is 449. The molecular weight excluding hydrogens is 299 g/mol. The van der Waals surface area contributed by atoms with Gasteiger partial charge in [0.25, 0.3) is 0 Å². The van der Waals surface area contributed by atoms with Crippen molar-refractivity contribution in [1.29, 1.82) is 0 Å². The highest BCUT2D eigenvalue weighted by molar-refractivity contribution is 9.10. The molecule has 5 heteroatoms. The SMILES string of the molecule is CN(CC(=O)NC1CC1)Cc1ccc(F)cc1Br. The number of halogens is 2. The number of carbonyl (C=O) groups excluding carboxylic acids is 1. The Hall–Kier alpha value is -0.940. The average Bonchev–Trinajstić information content (AvgIpc) is 3.05. The third kappa shape index (κ3) is 4.07. The number of amides is 1. The molecule has 1 aromatic rings. The molecule has 0 aliphatic heterocycles. The van der Waals surface area contributed by atoms with Gasteiger partial charge in [0, 0.05) is 17.1 Å². The van der Waals surface area contributed by atoms with Crippen LogP contribution in [0.15, 0.2) is 22.7 Å². The van der Waals surface area contributed by atoms with Gasteiger partial charge in [-0.3, -0.25) is 9.69 Å². The van der Waals surface area contributed by atoms with Crippen LogP contribution in [0, 0.1) is 5.82 Å². The third-order valence-electron chi connectivity index (χ3n) is 2.81. The number of benzene rings is 1. The van der Waals surface area contributed by atoms with Crippen LogP contribution >= 0.6 is 15.9 Å². The van der Waals surface area contributed by atoms with E-state index in [2.05, 4.69) is 21.2 Å². The summed E-state index contributed by atoms with van der Waals surface area (Å²) in [4.78, 5) is 13.5. The summed E-state index contributed by atoms with van der Waals surface area (Å²) in [6.07, 6.45) is 2.19. The summed E-state index contributed by atoms with van der Waals surface area (Å²) in [5.41, 5.74) is 0.970. The normalized spacial score (nSPS) is 14.9. The van der Waals surface area contributed by atoms with Gasteiger partial charge < -0.3 is 5.32 Å². The maximum atomic E-state index is 12.9. The largest absolute Gasteiger partial charge is 0.352 e. The quantitative estimate of drug-likeness (QED) is 0.904. The molecular formula is C13H16BrFN2O. The summed E-state index contributed by atoms with van der Waals surface area (Å²) in [5, 5.41) is 2.94. The number of rotatable bonds is 5. The summed E-state index contributed by atoms with van der Waals surface area (Å²) < 4.78 is 13.7. The zero-order chi connectivity index (χ0) is 13.1. The van der Waals surface area contributed by atoms with Gasteiger partial charge in [-0.1, -0.05) is 22.0 Å². The summed E-state index contributed by atoms with van der Waals surface area (Å²) in [6.45, 7) is 0.971. The maximum Gasteiger partial charge on any atom is 0.234 e. The lowest BCUT2D eigenvalue weighted by Crippen LogP contribution is -2.36. The molecule has 1 saturated carbocycles. The number of nitrogens with zero attached hydrogens (tertiary/aromatic N) is 1. The van der Waals surface area contributed by atoms with Gasteiger partial charge in [-0.25, -0.2) is 4.39 Å². The molecule has 0 aromatic heterocycles. The van der Waals surface area contributed by atoms with Crippen molar-refractivity contribution in [1.82, 2.24) is 10.2 Å². The molecule has 18 heavy (non-hydrogen) atoms. The van der Waals surface area contributed by atoms with Crippen molar-refractivity contribution in [3.05, 3.63) is 34.1 Å². The average molecular weight is 315 g/mol. The topological polar surface area (TPSA) is 32.3 Å². The third-order valence-corrected chi connectivity index (χ3v) is 3.55. The lowest BCUT2D eigenvalue weighted by Gasteiger charge is -2.17. The molecule has 0 bridgehead atoms.